The Morgan fingerprint density at radius 3 is 2.53 bits per heavy atom. The van der Waals surface area contributed by atoms with E-state index < -0.39 is 0 Å². The molecule has 0 aliphatic rings. The zero-order valence-corrected chi connectivity index (χ0v) is 17.5. The quantitative estimate of drug-likeness (QED) is 0.469. The highest BCUT2D eigenvalue weighted by Crippen LogP contribution is 2.24. The van der Waals surface area contributed by atoms with Crippen molar-refractivity contribution in [3.63, 3.8) is 0 Å². The number of nitrogens with one attached hydrogen (secondary N) is 2. The lowest BCUT2D eigenvalue weighted by Gasteiger charge is -2.09. The first-order valence-electron chi connectivity index (χ1n) is 9.24. The van der Waals surface area contributed by atoms with Gasteiger partial charge >= 0.3 is 6.03 Å². The van der Waals surface area contributed by atoms with Crippen molar-refractivity contribution in [2.45, 2.75) is 20.8 Å². The second-order valence-corrected chi connectivity index (χ2v) is 7.55. The molecule has 4 rings (SSSR count). The molecule has 1 aromatic carbocycles. The van der Waals surface area contributed by atoms with Gasteiger partial charge in [-0.2, -0.15) is 5.10 Å². The number of benzene rings is 1. The minimum absolute atomic E-state index is 0.299. The van der Waals surface area contributed by atoms with Crippen molar-refractivity contribution in [3.05, 3.63) is 71.1 Å². The minimum atomic E-state index is -0.299. The first-order valence-corrected chi connectivity index (χ1v) is 10.1. The Balaban J connectivity index is 1.43. The van der Waals surface area contributed by atoms with E-state index in [1.165, 1.54) is 17.7 Å². The van der Waals surface area contributed by atoms with E-state index >= 15 is 0 Å². The standard InChI is InChI=1S/C21H20N6O2S/c1-13-14(2)26-27(15(13)3)18-11-19(23-12-22-18)29-17-8-6-16(7-9-17)24-21(28)25-20-5-4-10-30-20/h4-12H,1-3H3,(H2,24,25,28). The summed E-state index contributed by atoms with van der Waals surface area (Å²) >= 11 is 1.46. The van der Waals surface area contributed by atoms with Crippen LogP contribution in [0.1, 0.15) is 17.0 Å². The van der Waals surface area contributed by atoms with Crippen LogP contribution in [0.5, 0.6) is 11.6 Å². The van der Waals surface area contributed by atoms with E-state index in [1.54, 1.807) is 35.0 Å². The van der Waals surface area contributed by atoms with Gasteiger partial charge in [0.15, 0.2) is 5.82 Å². The zero-order chi connectivity index (χ0) is 21.1. The number of nitrogens with zero attached hydrogens (tertiary/aromatic N) is 4. The fourth-order valence-corrected chi connectivity index (χ4v) is 3.41. The summed E-state index contributed by atoms with van der Waals surface area (Å²) in [5, 5.41) is 12.7. The lowest BCUT2D eigenvalue weighted by Crippen LogP contribution is -2.18. The predicted octanol–water partition coefficient (Wildman–Crippen LogP) is 5.09. The average Bonchev–Trinajstić information content (AvgIpc) is 3.33. The Morgan fingerprint density at radius 2 is 1.87 bits per heavy atom. The Morgan fingerprint density at radius 1 is 1.07 bits per heavy atom. The molecule has 4 aromatic rings. The molecule has 0 radical (unpaired) electrons. The Bertz CT molecular complexity index is 1170. The molecule has 0 unspecified atom stereocenters. The van der Waals surface area contributed by atoms with E-state index in [1.807, 2.05) is 38.3 Å². The summed E-state index contributed by atoms with van der Waals surface area (Å²) in [4.78, 5) is 20.5. The number of hydrogen-bond acceptors (Lipinski definition) is 6. The van der Waals surface area contributed by atoms with E-state index in [2.05, 4.69) is 25.7 Å². The van der Waals surface area contributed by atoms with Crippen LogP contribution in [0.4, 0.5) is 15.5 Å². The minimum Gasteiger partial charge on any atom is -0.439 e. The number of thiophene rings is 1. The molecule has 0 bridgehead atoms. The molecule has 152 valence electrons. The molecular weight excluding hydrogens is 400 g/mol. The molecule has 0 saturated heterocycles. The van der Waals surface area contributed by atoms with E-state index in [0.29, 0.717) is 23.1 Å². The molecule has 0 spiro atoms. The maximum Gasteiger partial charge on any atom is 0.324 e. The van der Waals surface area contributed by atoms with Crippen LogP contribution in [-0.4, -0.2) is 25.8 Å². The van der Waals surface area contributed by atoms with E-state index in [-0.39, 0.29) is 6.03 Å². The fourth-order valence-electron chi connectivity index (χ4n) is 2.80. The van der Waals surface area contributed by atoms with Crippen molar-refractivity contribution in [2.75, 3.05) is 10.6 Å². The van der Waals surface area contributed by atoms with Gasteiger partial charge in [0, 0.05) is 17.4 Å². The second-order valence-electron chi connectivity index (χ2n) is 6.60. The summed E-state index contributed by atoms with van der Waals surface area (Å²) in [6.07, 6.45) is 1.45. The summed E-state index contributed by atoms with van der Waals surface area (Å²) in [5.74, 6) is 1.63. The molecule has 2 amide bonds. The second kappa shape index (κ2) is 8.34. The Kier molecular flexibility index (Phi) is 5.44. The maximum absolute atomic E-state index is 12.0. The third-order valence-electron chi connectivity index (χ3n) is 4.59. The van der Waals surface area contributed by atoms with Crippen LogP contribution in [0, 0.1) is 20.8 Å². The number of amides is 2. The molecular formula is C21H20N6O2S. The summed E-state index contributed by atoms with van der Waals surface area (Å²) in [6, 6.07) is 12.2. The molecule has 0 atom stereocenters. The monoisotopic (exact) mass is 420 g/mol. The van der Waals surface area contributed by atoms with Gasteiger partial charge in [0.1, 0.15) is 12.1 Å². The highest BCUT2D eigenvalue weighted by atomic mass is 32.1. The van der Waals surface area contributed by atoms with Gasteiger partial charge < -0.3 is 10.1 Å². The van der Waals surface area contributed by atoms with Crippen LogP contribution >= 0.6 is 11.3 Å². The van der Waals surface area contributed by atoms with Crippen molar-refractivity contribution in [1.29, 1.82) is 0 Å². The number of ether oxygens (including phenoxy) is 1. The highest BCUT2D eigenvalue weighted by molar-refractivity contribution is 7.14. The number of rotatable bonds is 5. The lowest BCUT2D eigenvalue weighted by atomic mass is 10.2. The summed E-state index contributed by atoms with van der Waals surface area (Å²) in [5.41, 5.74) is 3.76. The SMILES string of the molecule is Cc1nn(-c2cc(Oc3ccc(NC(=O)Nc4cccs4)cc3)ncn2)c(C)c1C. The van der Waals surface area contributed by atoms with Crippen molar-refractivity contribution in [2.24, 2.45) is 0 Å². The fraction of sp³-hybridized carbons (Fsp3) is 0.143. The van der Waals surface area contributed by atoms with Gasteiger partial charge in [-0.15, -0.1) is 11.3 Å². The molecule has 30 heavy (non-hydrogen) atoms. The van der Waals surface area contributed by atoms with Crippen molar-refractivity contribution < 1.29 is 9.53 Å². The molecule has 0 saturated carbocycles. The van der Waals surface area contributed by atoms with Crippen LogP contribution < -0.4 is 15.4 Å². The number of carbonyl (C=O) groups excluding carboxylic acids is 1. The molecule has 9 heteroatoms. The predicted molar refractivity (Wildman–Crippen MR) is 117 cm³/mol. The molecule has 2 N–H and O–H groups in total. The van der Waals surface area contributed by atoms with Crippen LogP contribution in [0.3, 0.4) is 0 Å². The molecule has 8 nitrogen and oxygen atoms in total. The maximum atomic E-state index is 12.0. The van der Waals surface area contributed by atoms with Crippen molar-refractivity contribution >= 4 is 28.1 Å². The third-order valence-corrected chi connectivity index (χ3v) is 5.38. The number of hydrogen-bond donors (Lipinski definition) is 2. The lowest BCUT2D eigenvalue weighted by molar-refractivity contribution is 0.262. The topological polar surface area (TPSA) is 94.0 Å². The normalized spacial score (nSPS) is 10.6. The first-order chi connectivity index (χ1) is 14.5. The van der Waals surface area contributed by atoms with Crippen LogP contribution in [-0.2, 0) is 0 Å². The Labute approximate surface area is 177 Å². The smallest absolute Gasteiger partial charge is 0.324 e. The van der Waals surface area contributed by atoms with Gasteiger partial charge in [0.25, 0.3) is 0 Å². The van der Waals surface area contributed by atoms with Crippen LogP contribution in [0.15, 0.2) is 54.2 Å². The number of aryl methyl sites for hydroxylation is 1. The van der Waals surface area contributed by atoms with Crippen molar-refractivity contribution in [3.8, 4) is 17.4 Å². The number of urea groups is 1. The van der Waals surface area contributed by atoms with Gasteiger partial charge in [0.2, 0.25) is 5.88 Å². The van der Waals surface area contributed by atoms with Gasteiger partial charge in [-0.1, -0.05) is 0 Å². The molecule has 3 heterocycles. The van der Waals surface area contributed by atoms with E-state index in [4.69, 9.17) is 4.74 Å². The highest BCUT2D eigenvalue weighted by Gasteiger charge is 2.11. The van der Waals surface area contributed by atoms with Crippen LogP contribution in [0.25, 0.3) is 5.82 Å². The van der Waals surface area contributed by atoms with Gasteiger partial charge in [0.05, 0.1) is 10.7 Å². The van der Waals surface area contributed by atoms with E-state index in [9.17, 15) is 4.79 Å². The number of aromatic nitrogens is 4. The molecule has 0 aliphatic carbocycles. The summed E-state index contributed by atoms with van der Waals surface area (Å²) in [6.45, 7) is 6.00. The third kappa shape index (κ3) is 4.31. The summed E-state index contributed by atoms with van der Waals surface area (Å²) < 4.78 is 7.62. The number of anilines is 2. The van der Waals surface area contributed by atoms with Gasteiger partial charge in [-0.05, 0) is 68.1 Å². The van der Waals surface area contributed by atoms with Gasteiger partial charge in [-0.25, -0.2) is 19.4 Å². The van der Waals surface area contributed by atoms with E-state index in [0.717, 1.165) is 22.0 Å². The first kappa shape index (κ1) is 19.6. The largest absolute Gasteiger partial charge is 0.439 e. The number of carbonyl (C=O) groups is 1. The molecule has 0 fully saturated rings. The molecule has 0 aliphatic heterocycles. The van der Waals surface area contributed by atoms with Crippen LogP contribution in [0.2, 0.25) is 0 Å². The average molecular weight is 420 g/mol. The molecule has 3 aromatic heterocycles. The Hall–Kier alpha value is -3.72. The zero-order valence-electron chi connectivity index (χ0n) is 16.7. The van der Waals surface area contributed by atoms with Gasteiger partial charge in [-0.3, -0.25) is 5.32 Å². The van der Waals surface area contributed by atoms with Crippen molar-refractivity contribution in [1.82, 2.24) is 19.7 Å². The summed E-state index contributed by atoms with van der Waals surface area (Å²) in [7, 11) is 0.